The molecule has 3 amide bonds. The Morgan fingerprint density at radius 3 is 2.69 bits per heavy atom. The van der Waals surface area contributed by atoms with Crippen molar-refractivity contribution in [1.29, 1.82) is 0 Å². The number of ether oxygens (including phenoxy) is 1. The molecule has 1 unspecified atom stereocenters. The van der Waals surface area contributed by atoms with E-state index < -0.39 is 11.3 Å². The van der Waals surface area contributed by atoms with Crippen molar-refractivity contribution in [3.63, 3.8) is 0 Å². The minimum atomic E-state index is -0.757. The number of rotatable bonds is 3. The Hall–Kier alpha value is -2.41. The molecule has 138 valence electrons. The van der Waals surface area contributed by atoms with E-state index in [2.05, 4.69) is 0 Å². The molecule has 3 aliphatic rings. The lowest BCUT2D eigenvalue weighted by Crippen LogP contribution is -2.46. The lowest BCUT2D eigenvalue weighted by Gasteiger charge is -2.28. The smallest absolute Gasteiger partial charge is 0.240 e. The monoisotopic (exact) mass is 357 g/mol. The second kappa shape index (κ2) is 6.39. The van der Waals surface area contributed by atoms with E-state index in [0.717, 1.165) is 24.1 Å². The van der Waals surface area contributed by atoms with Gasteiger partial charge >= 0.3 is 0 Å². The fourth-order valence-electron chi connectivity index (χ4n) is 4.50. The zero-order valence-corrected chi connectivity index (χ0v) is 14.6. The van der Waals surface area contributed by atoms with Crippen LogP contribution in [0.15, 0.2) is 24.3 Å². The van der Waals surface area contributed by atoms with Gasteiger partial charge in [-0.05, 0) is 30.9 Å². The van der Waals surface area contributed by atoms with Crippen molar-refractivity contribution < 1.29 is 19.1 Å². The topological polar surface area (TPSA) is 92.9 Å². The number of nitrogens with zero attached hydrogens (tertiary/aromatic N) is 2. The van der Waals surface area contributed by atoms with Crippen molar-refractivity contribution in [1.82, 2.24) is 4.90 Å². The van der Waals surface area contributed by atoms with Gasteiger partial charge in [-0.1, -0.05) is 18.2 Å². The van der Waals surface area contributed by atoms with E-state index in [1.165, 1.54) is 4.90 Å². The molecule has 0 radical (unpaired) electrons. The van der Waals surface area contributed by atoms with Gasteiger partial charge in [0, 0.05) is 37.9 Å². The van der Waals surface area contributed by atoms with Crippen LogP contribution in [0.25, 0.3) is 0 Å². The molecule has 1 atom stereocenters. The molecule has 7 nitrogen and oxygen atoms in total. The van der Waals surface area contributed by atoms with Gasteiger partial charge in [0.1, 0.15) is 6.54 Å². The number of carbonyl (C=O) groups is 3. The van der Waals surface area contributed by atoms with Gasteiger partial charge in [0.05, 0.1) is 5.41 Å². The average Bonchev–Trinajstić information content (AvgIpc) is 3.20. The highest BCUT2D eigenvalue weighted by molar-refractivity contribution is 6.11. The van der Waals surface area contributed by atoms with Crippen LogP contribution in [0.2, 0.25) is 0 Å². The molecule has 3 aliphatic heterocycles. The van der Waals surface area contributed by atoms with Gasteiger partial charge in [0.2, 0.25) is 17.7 Å². The third-order valence-electron chi connectivity index (χ3n) is 5.83. The van der Waals surface area contributed by atoms with Crippen LogP contribution < -0.4 is 10.6 Å². The van der Waals surface area contributed by atoms with Gasteiger partial charge < -0.3 is 20.3 Å². The number of carbonyl (C=O) groups excluding carboxylic acids is 3. The predicted octanol–water partition coefficient (Wildman–Crippen LogP) is 0.415. The highest BCUT2D eigenvalue weighted by Gasteiger charge is 2.55. The Kier molecular flexibility index (Phi) is 4.19. The number of primary amides is 1. The highest BCUT2D eigenvalue weighted by Crippen LogP contribution is 2.47. The molecule has 2 N–H and O–H groups in total. The second-order valence-electron chi connectivity index (χ2n) is 7.35. The van der Waals surface area contributed by atoms with Crippen molar-refractivity contribution in [3.05, 3.63) is 29.8 Å². The van der Waals surface area contributed by atoms with E-state index in [0.29, 0.717) is 32.7 Å². The maximum atomic E-state index is 13.2. The van der Waals surface area contributed by atoms with E-state index in [-0.39, 0.29) is 24.3 Å². The van der Waals surface area contributed by atoms with E-state index in [1.807, 2.05) is 29.2 Å². The van der Waals surface area contributed by atoms with Crippen molar-refractivity contribution in [2.75, 3.05) is 37.7 Å². The second-order valence-corrected chi connectivity index (χ2v) is 7.35. The lowest BCUT2D eigenvalue weighted by molar-refractivity contribution is -0.138. The first-order chi connectivity index (χ1) is 12.5. The predicted molar refractivity (Wildman–Crippen MR) is 94.4 cm³/mol. The van der Waals surface area contributed by atoms with E-state index in [9.17, 15) is 14.4 Å². The SMILES string of the molecule is NC(=O)CN1C(=O)C2(CCN(C(=O)C3CCOCC3)C2)c2ccccc21. The number of benzene rings is 1. The number of likely N-dealkylation sites (tertiary alicyclic amines) is 1. The number of fused-ring (bicyclic) bond motifs is 2. The van der Waals surface area contributed by atoms with Gasteiger partial charge in [-0.3, -0.25) is 14.4 Å². The number of hydrogen-bond donors (Lipinski definition) is 1. The third kappa shape index (κ3) is 2.58. The first-order valence-corrected chi connectivity index (χ1v) is 9.09. The van der Waals surface area contributed by atoms with E-state index in [1.54, 1.807) is 0 Å². The van der Waals surface area contributed by atoms with Crippen molar-refractivity contribution in [2.45, 2.75) is 24.7 Å². The van der Waals surface area contributed by atoms with Gasteiger partial charge in [0.25, 0.3) is 0 Å². The molecular formula is C19H23N3O4. The fourth-order valence-corrected chi connectivity index (χ4v) is 4.50. The molecule has 1 spiro atoms. The van der Waals surface area contributed by atoms with Crippen LogP contribution in [0.5, 0.6) is 0 Å². The molecule has 0 aromatic heterocycles. The minimum Gasteiger partial charge on any atom is -0.381 e. The highest BCUT2D eigenvalue weighted by atomic mass is 16.5. The lowest BCUT2D eigenvalue weighted by atomic mass is 9.81. The number of para-hydroxylation sites is 1. The van der Waals surface area contributed by atoms with Crippen LogP contribution in [-0.2, 0) is 24.5 Å². The molecule has 0 saturated carbocycles. The average molecular weight is 357 g/mol. The van der Waals surface area contributed by atoms with Crippen LogP contribution in [0.4, 0.5) is 5.69 Å². The van der Waals surface area contributed by atoms with E-state index in [4.69, 9.17) is 10.5 Å². The summed E-state index contributed by atoms with van der Waals surface area (Å²) in [6.45, 7) is 2.02. The molecular weight excluding hydrogens is 334 g/mol. The zero-order valence-electron chi connectivity index (χ0n) is 14.6. The van der Waals surface area contributed by atoms with Crippen LogP contribution in [0, 0.1) is 5.92 Å². The fraction of sp³-hybridized carbons (Fsp3) is 0.526. The largest absolute Gasteiger partial charge is 0.381 e. The summed E-state index contributed by atoms with van der Waals surface area (Å²) in [4.78, 5) is 40.9. The first-order valence-electron chi connectivity index (χ1n) is 9.09. The summed E-state index contributed by atoms with van der Waals surface area (Å²) < 4.78 is 5.35. The Morgan fingerprint density at radius 2 is 1.96 bits per heavy atom. The Labute approximate surface area is 152 Å². The van der Waals surface area contributed by atoms with Gasteiger partial charge in [-0.15, -0.1) is 0 Å². The summed E-state index contributed by atoms with van der Waals surface area (Å²) in [5, 5.41) is 0. The van der Waals surface area contributed by atoms with Gasteiger partial charge in [0.15, 0.2) is 0 Å². The molecule has 0 bridgehead atoms. The summed E-state index contributed by atoms with van der Waals surface area (Å²) in [5.41, 5.74) is 6.22. The summed E-state index contributed by atoms with van der Waals surface area (Å²) in [6, 6.07) is 7.51. The van der Waals surface area contributed by atoms with Crippen molar-refractivity contribution >= 4 is 23.4 Å². The molecule has 1 aromatic rings. The molecule has 2 saturated heterocycles. The molecule has 3 heterocycles. The molecule has 26 heavy (non-hydrogen) atoms. The Bertz CT molecular complexity index is 759. The Balaban J connectivity index is 1.61. The number of nitrogens with two attached hydrogens (primary N) is 1. The normalized spacial score (nSPS) is 25.8. The molecule has 7 heteroatoms. The summed E-state index contributed by atoms with van der Waals surface area (Å²) in [6.07, 6.45) is 2.05. The number of hydrogen-bond acceptors (Lipinski definition) is 4. The zero-order chi connectivity index (χ0) is 18.3. The molecule has 1 aromatic carbocycles. The Morgan fingerprint density at radius 1 is 1.23 bits per heavy atom. The standard InChI is InChI=1S/C19H23N3O4/c20-16(23)11-22-15-4-2-1-3-14(15)19(18(22)25)7-8-21(12-19)17(24)13-5-9-26-10-6-13/h1-4,13H,5-12H2,(H2,20,23). The van der Waals surface area contributed by atoms with E-state index >= 15 is 0 Å². The summed E-state index contributed by atoms with van der Waals surface area (Å²) in [7, 11) is 0. The van der Waals surface area contributed by atoms with Crippen LogP contribution in [0.1, 0.15) is 24.8 Å². The van der Waals surface area contributed by atoms with Crippen molar-refractivity contribution in [3.8, 4) is 0 Å². The van der Waals surface area contributed by atoms with Crippen LogP contribution >= 0.6 is 0 Å². The van der Waals surface area contributed by atoms with Crippen LogP contribution in [-0.4, -0.2) is 55.5 Å². The molecule has 2 fully saturated rings. The summed E-state index contributed by atoms with van der Waals surface area (Å²) >= 11 is 0. The number of anilines is 1. The molecule has 0 aliphatic carbocycles. The van der Waals surface area contributed by atoms with Gasteiger partial charge in [-0.25, -0.2) is 0 Å². The quantitative estimate of drug-likeness (QED) is 0.848. The van der Waals surface area contributed by atoms with Gasteiger partial charge in [-0.2, -0.15) is 0 Å². The minimum absolute atomic E-state index is 0.0210. The summed E-state index contributed by atoms with van der Waals surface area (Å²) in [5.74, 6) is -0.575. The first kappa shape index (κ1) is 17.0. The number of amides is 3. The third-order valence-corrected chi connectivity index (χ3v) is 5.83. The maximum Gasteiger partial charge on any atom is 0.240 e. The maximum absolute atomic E-state index is 13.2. The molecule has 4 rings (SSSR count). The van der Waals surface area contributed by atoms with Crippen molar-refractivity contribution in [2.24, 2.45) is 11.7 Å². The van der Waals surface area contributed by atoms with Crippen LogP contribution in [0.3, 0.4) is 0 Å².